The fourth-order valence-electron chi connectivity index (χ4n) is 2.02. The second-order valence-corrected chi connectivity index (χ2v) is 4.52. The van der Waals surface area contributed by atoms with E-state index in [0.717, 1.165) is 0 Å². The van der Waals surface area contributed by atoms with Crippen LogP contribution in [0.25, 0.3) is 0 Å². The van der Waals surface area contributed by atoms with Gasteiger partial charge in [0.05, 0.1) is 26.2 Å². The number of carbonyl (C=O) groups excluding carboxylic acids is 3. The van der Waals surface area contributed by atoms with Crippen molar-refractivity contribution in [2.24, 2.45) is 5.41 Å². The largest absolute Gasteiger partial charge is 0.465 e. The smallest absolute Gasteiger partial charge is 0.324 e. The van der Waals surface area contributed by atoms with Crippen LogP contribution in [-0.4, -0.2) is 49.3 Å². The van der Waals surface area contributed by atoms with Crippen LogP contribution in [0.15, 0.2) is 0 Å². The van der Waals surface area contributed by atoms with Gasteiger partial charge < -0.3 is 19.9 Å². The average molecular weight is 303 g/mol. The zero-order chi connectivity index (χ0) is 16.3. The number of rotatable bonds is 10. The molecule has 0 aromatic heterocycles. The predicted octanol–water partition coefficient (Wildman–Crippen LogP) is 0.398. The molecule has 0 rings (SSSR count). The molecule has 0 saturated carbocycles. The Morgan fingerprint density at radius 3 is 1.95 bits per heavy atom. The van der Waals surface area contributed by atoms with Crippen LogP contribution in [0, 0.1) is 5.41 Å². The van der Waals surface area contributed by atoms with Gasteiger partial charge >= 0.3 is 11.9 Å². The SMILES string of the molecule is CCCC(CC(=O)NCCO)(C(=O)OCC)C(=O)OCC. The molecule has 7 heteroatoms. The summed E-state index contributed by atoms with van der Waals surface area (Å²) in [7, 11) is 0. The Balaban J connectivity index is 5.30. The highest BCUT2D eigenvalue weighted by Crippen LogP contribution is 2.32. The van der Waals surface area contributed by atoms with Crippen LogP contribution in [0.2, 0.25) is 0 Å². The highest BCUT2D eigenvalue weighted by Gasteiger charge is 2.49. The molecule has 0 radical (unpaired) electrons. The number of amides is 1. The number of aliphatic hydroxyl groups excluding tert-OH is 1. The van der Waals surface area contributed by atoms with E-state index in [0.29, 0.717) is 6.42 Å². The number of esters is 2. The van der Waals surface area contributed by atoms with Crippen molar-refractivity contribution in [2.75, 3.05) is 26.4 Å². The van der Waals surface area contributed by atoms with E-state index in [1.54, 1.807) is 20.8 Å². The molecular weight excluding hydrogens is 278 g/mol. The maximum Gasteiger partial charge on any atom is 0.324 e. The van der Waals surface area contributed by atoms with Gasteiger partial charge in [-0.3, -0.25) is 14.4 Å². The van der Waals surface area contributed by atoms with Crippen molar-refractivity contribution in [3.05, 3.63) is 0 Å². The highest BCUT2D eigenvalue weighted by molar-refractivity contribution is 6.03. The summed E-state index contributed by atoms with van der Waals surface area (Å²) in [6.07, 6.45) is 0.334. The van der Waals surface area contributed by atoms with Crippen LogP contribution in [0.1, 0.15) is 40.0 Å². The predicted molar refractivity (Wildman–Crippen MR) is 75.3 cm³/mol. The highest BCUT2D eigenvalue weighted by atomic mass is 16.6. The summed E-state index contributed by atoms with van der Waals surface area (Å²) in [5.74, 6) is -1.99. The Bertz CT molecular complexity index is 337. The molecule has 0 aromatic carbocycles. The van der Waals surface area contributed by atoms with Gasteiger partial charge in [-0.2, -0.15) is 0 Å². The summed E-state index contributed by atoms with van der Waals surface area (Å²) in [5, 5.41) is 11.1. The lowest BCUT2D eigenvalue weighted by Gasteiger charge is -2.28. The second kappa shape index (κ2) is 10.1. The molecule has 2 N–H and O–H groups in total. The molecule has 0 atom stereocenters. The molecule has 0 aliphatic rings. The second-order valence-electron chi connectivity index (χ2n) is 4.52. The Morgan fingerprint density at radius 2 is 1.57 bits per heavy atom. The molecular formula is C14H25NO6. The van der Waals surface area contributed by atoms with Crippen molar-refractivity contribution in [1.82, 2.24) is 5.32 Å². The van der Waals surface area contributed by atoms with Crippen molar-refractivity contribution >= 4 is 17.8 Å². The van der Waals surface area contributed by atoms with Gasteiger partial charge in [0.15, 0.2) is 5.41 Å². The fraction of sp³-hybridized carbons (Fsp3) is 0.786. The van der Waals surface area contributed by atoms with E-state index in [1.165, 1.54) is 0 Å². The third-order valence-corrected chi connectivity index (χ3v) is 2.91. The van der Waals surface area contributed by atoms with E-state index >= 15 is 0 Å². The zero-order valence-electron chi connectivity index (χ0n) is 12.9. The fourth-order valence-corrected chi connectivity index (χ4v) is 2.02. The van der Waals surface area contributed by atoms with E-state index < -0.39 is 23.3 Å². The van der Waals surface area contributed by atoms with Gasteiger partial charge in [0.2, 0.25) is 5.91 Å². The first-order chi connectivity index (χ1) is 9.98. The van der Waals surface area contributed by atoms with E-state index in [4.69, 9.17) is 14.6 Å². The first kappa shape index (κ1) is 19.4. The number of nitrogens with one attached hydrogen (secondary N) is 1. The summed E-state index contributed by atoms with van der Waals surface area (Å²) in [6.45, 7) is 5.14. The van der Waals surface area contributed by atoms with Gasteiger partial charge in [0.25, 0.3) is 0 Å². The molecule has 0 unspecified atom stereocenters. The molecule has 0 aromatic rings. The van der Waals surface area contributed by atoms with E-state index in [1.807, 2.05) is 0 Å². The van der Waals surface area contributed by atoms with Crippen LogP contribution in [-0.2, 0) is 23.9 Å². The number of ether oxygens (including phenoxy) is 2. The quantitative estimate of drug-likeness (QED) is 0.447. The van der Waals surface area contributed by atoms with Crippen molar-refractivity contribution in [3.63, 3.8) is 0 Å². The summed E-state index contributed by atoms with van der Waals surface area (Å²) < 4.78 is 9.93. The summed E-state index contributed by atoms with van der Waals surface area (Å²) in [5.41, 5.74) is -1.62. The first-order valence-electron chi connectivity index (χ1n) is 7.20. The van der Waals surface area contributed by atoms with Crippen molar-refractivity contribution in [1.29, 1.82) is 0 Å². The lowest BCUT2D eigenvalue weighted by atomic mass is 9.79. The van der Waals surface area contributed by atoms with Gasteiger partial charge in [0, 0.05) is 6.54 Å². The standard InChI is InChI=1S/C14H25NO6/c1-4-7-14(12(18)20-5-2,13(19)21-6-3)10-11(17)15-8-9-16/h16H,4-10H2,1-3H3,(H,15,17). The topological polar surface area (TPSA) is 102 Å². The average Bonchev–Trinajstić information content (AvgIpc) is 2.44. The van der Waals surface area contributed by atoms with Crippen molar-refractivity contribution in [2.45, 2.75) is 40.0 Å². The molecule has 0 saturated heterocycles. The summed E-state index contributed by atoms with van der Waals surface area (Å²) >= 11 is 0. The van der Waals surface area contributed by atoms with E-state index in [9.17, 15) is 14.4 Å². The lowest BCUT2D eigenvalue weighted by molar-refractivity contribution is -0.174. The maximum atomic E-state index is 12.2. The number of carbonyl (C=O) groups is 3. The third kappa shape index (κ3) is 5.71. The number of aliphatic hydroxyl groups is 1. The Morgan fingerprint density at radius 1 is 1.05 bits per heavy atom. The van der Waals surface area contributed by atoms with Gasteiger partial charge in [0.1, 0.15) is 0 Å². The minimum absolute atomic E-state index is 0.0622. The third-order valence-electron chi connectivity index (χ3n) is 2.91. The van der Waals surface area contributed by atoms with Gasteiger partial charge in [-0.15, -0.1) is 0 Å². The van der Waals surface area contributed by atoms with Crippen molar-refractivity contribution in [3.8, 4) is 0 Å². The molecule has 0 aliphatic carbocycles. The summed E-state index contributed by atoms with van der Waals surface area (Å²) in [6, 6.07) is 0. The van der Waals surface area contributed by atoms with Gasteiger partial charge in [-0.1, -0.05) is 13.3 Å². The molecule has 122 valence electrons. The zero-order valence-corrected chi connectivity index (χ0v) is 12.9. The first-order valence-corrected chi connectivity index (χ1v) is 7.20. The molecule has 21 heavy (non-hydrogen) atoms. The molecule has 0 aliphatic heterocycles. The number of hydrogen-bond donors (Lipinski definition) is 2. The minimum atomic E-state index is -1.62. The molecule has 1 amide bonds. The van der Waals surface area contributed by atoms with Crippen LogP contribution in [0.4, 0.5) is 0 Å². The molecule has 7 nitrogen and oxygen atoms in total. The Labute approximate surface area is 125 Å². The maximum absolute atomic E-state index is 12.2. The Kier molecular flexibility index (Phi) is 9.36. The Hall–Kier alpha value is -1.63. The molecule has 0 fully saturated rings. The van der Waals surface area contributed by atoms with Crippen LogP contribution >= 0.6 is 0 Å². The molecule has 0 bridgehead atoms. The van der Waals surface area contributed by atoms with Gasteiger partial charge in [-0.25, -0.2) is 0 Å². The van der Waals surface area contributed by atoms with Crippen LogP contribution < -0.4 is 5.32 Å². The lowest BCUT2D eigenvalue weighted by Crippen LogP contribution is -2.46. The summed E-state index contributed by atoms with van der Waals surface area (Å²) in [4.78, 5) is 36.3. The van der Waals surface area contributed by atoms with Crippen LogP contribution in [0.5, 0.6) is 0 Å². The van der Waals surface area contributed by atoms with Gasteiger partial charge in [-0.05, 0) is 20.3 Å². The van der Waals surface area contributed by atoms with E-state index in [-0.39, 0.29) is 39.2 Å². The van der Waals surface area contributed by atoms with Crippen molar-refractivity contribution < 1.29 is 29.0 Å². The van der Waals surface area contributed by atoms with Crippen LogP contribution in [0.3, 0.4) is 0 Å². The monoisotopic (exact) mass is 303 g/mol. The molecule has 0 heterocycles. The normalized spacial score (nSPS) is 10.9. The minimum Gasteiger partial charge on any atom is -0.465 e. The number of hydrogen-bond acceptors (Lipinski definition) is 6. The molecule has 0 spiro atoms. The van der Waals surface area contributed by atoms with E-state index in [2.05, 4.69) is 5.32 Å².